The summed E-state index contributed by atoms with van der Waals surface area (Å²) in [6.07, 6.45) is 0. The summed E-state index contributed by atoms with van der Waals surface area (Å²) in [5.74, 6) is 0. The predicted molar refractivity (Wildman–Crippen MR) is 256 cm³/mol. The second-order valence-electron chi connectivity index (χ2n) is 18.8. The summed E-state index contributed by atoms with van der Waals surface area (Å²) in [6.45, 7) is 11.6. The Bertz CT molecular complexity index is 3740. The zero-order valence-corrected chi connectivity index (χ0v) is 35.0. The smallest absolute Gasteiger partial charge is 0.333 e. The molecule has 11 aromatic rings. The fraction of sp³-hybridized carbons (Fsp3) is 0.127. The summed E-state index contributed by atoms with van der Waals surface area (Å²) >= 11 is 1.89. The third-order valence-electron chi connectivity index (χ3n) is 14.3. The molecule has 0 amide bonds. The van der Waals surface area contributed by atoms with Crippen molar-refractivity contribution in [1.82, 2.24) is 4.57 Å². The Kier molecular flexibility index (Phi) is 6.09. The van der Waals surface area contributed by atoms with Crippen LogP contribution in [0.1, 0.15) is 51.3 Å². The van der Waals surface area contributed by atoms with Crippen LogP contribution in [0.4, 0.5) is 11.4 Å². The number of hydrogen-bond acceptors (Lipinski definition) is 3. The third-order valence-corrected chi connectivity index (χ3v) is 15.5. The van der Waals surface area contributed by atoms with Gasteiger partial charge in [0, 0.05) is 69.8 Å². The Morgan fingerprint density at radius 3 is 2.22 bits per heavy atom. The van der Waals surface area contributed by atoms with Gasteiger partial charge in [-0.3, -0.25) is 0 Å². The summed E-state index contributed by atoms with van der Waals surface area (Å²) < 4.78 is 12.0. The van der Waals surface area contributed by atoms with Crippen LogP contribution in [0.25, 0.3) is 91.9 Å². The summed E-state index contributed by atoms with van der Waals surface area (Å²) in [4.78, 5) is 2.66. The number of fused-ring (bicyclic) bond motifs is 18. The van der Waals surface area contributed by atoms with Crippen molar-refractivity contribution < 1.29 is 4.42 Å². The van der Waals surface area contributed by atoms with Crippen LogP contribution in [0.3, 0.4) is 0 Å². The monoisotopic (exact) mass is 786 g/mol. The van der Waals surface area contributed by atoms with Gasteiger partial charge in [-0.05, 0) is 104 Å². The number of hydrogen-bond donors (Lipinski definition) is 0. The van der Waals surface area contributed by atoms with Gasteiger partial charge in [-0.2, -0.15) is 0 Å². The number of nitrogens with zero attached hydrogens (tertiary/aromatic N) is 2. The SMILES string of the molecule is CC(C)(C)c1ccc(N2B3c4cc5oc6ccccc6c5cc4-n4c5ccc6c(c5c5ccc(c3c54)-c3cc4c(cc32)sc2ccccc24)-c2ccccc2C6(C)C)cc1. The third kappa shape index (κ3) is 4.02. The first-order valence-electron chi connectivity index (χ1n) is 21.2. The molecule has 3 nitrogen and oxygen atoms in total. The van der Waals surface area contributed by atoms with Crippen LogP contribution < -0.4 is 15.7 Å². The summed E-state index contributed by atoms with van der Waals surface area (Å²) in [6, 6.07) is 55.4. The van der Waals surface area contributed by atoms with Crippen molar-refractivity contribution >= 4 is 104 Å². The average molecular weight is 787 g/mol. The van der Waals surface area contributed by atoms with E-state index in [9.17, 15) is 0 Å². The molecule has 5 heterocycles. The lowest BCUT2D eigenvalue weighted by Gasteiger charge is -2.42. The molecule has 8 aromatic carbocycles. The largest absolute Gasteiger partial charge is 0.456 e. The molecule has 0 bridgehead atoms. The lowest BCUT2D eigenvalue weighted by atomic mass is 9.44. The van der Waals surface area contributed by atoms with Gasteiger partial charge in [0.25, 0.3) is 0 Å². The lowest BCUT2D eigenvalue weighted by molar-refractivity contribution is 0.590. The Morgan fingerprint density at radius 1 is 0.583 bits per heavy atom. The molecule has 3 aromatic heterocycles. The van der Waals surface area contributed by atoms with Gasteiger partial charge in [-0.1, -0.05) is 126 Å². The zero-order valence-electron chi connectivity index (χ0n) is 34.1. The maximum atomic E-state index is 6.74. The standard InChI is InChI=1S/C55H39BN2OS/c1-54(2,3)30-18-20-31(21-19-30)58-44-29-49-39(33-13-8-11-17-48(33)60-49)26-37(44)34-22-23-36-51-43(25-24-41-50(51)35-14-6-9-15-40(35)55(41,4)5)57-45-27-38-32-12-7-10-16-46(32)59-47(38)28-42(45)56(58)52(34)53(36)57/h6-29H,1-5H3. The molecule has 0 spiro atoms. The van der Waals surface area contributed by atoms with Crippen LogP contribution in [0.2, 0.25) is 0 Å². The molecule has 0 N–H and O–H groups in total. The van der Waals surface area contributed by atoms with Gasteiger partial charge < -0.3 is 13.8 Å². The normalized spacial score (nSPS) is 14.8. The van der Waals surface area contributed by atoms with E-state index in [4.69, 9.17) is 4.42 Å². The topological polar surface area (TPSA) is 21.3 Å². The summed E-state index contributed by atoms with van der Waals surface area (Å²) in [5.41, 5.74) is 20.0. The van der Waals surface area contributed by atoms with Gasteiger partial charge >= 0.3 is 6.85 Å². The van der Waals surface area contributed by atoms with Crippen molar-refractivity contribution in [3.05, 3.63) is 162 Å². The highest BCUT2D eigenvalue weighted by Gasteiger charge is 2.46. The van der Waals surface area contributed by atoms with Crippen LogP contribution in [-0.4, -0.2) is 11.4 Å². The fourth-order valence-electron chi connectivity index (χ4n) is 11.5. The second-order valence-corrected chi connectivity index (χ2v) is 19.9. The van der Waals surface area contributed by atoms with E-state index in [2.05, 4.69) is 190 Å². The minimum atomic E-state index is -0.107. The van der Waals surface area contributed by atoms with Crippen molar-refractivity contribution in [2.75, 3.05) is 4.81 Å². The van der Waals surface area contributed by atoms with Gasteiger partial charge in [0.05, 0.1) is 11.0 Å². The minimum absolute atomic E-state index is 0.0407. The first kappa shape index (κ1) is 33.3. The van der Waals surface area contributed by atoms with Crippen molar-refractivity contribution in [3.8, 4) is 27.9 Å². The van der Waals surface area contributed by atoms with E-state index >= 15 is 0 Å². The summed E-state index contributed by atoms with van der Waals surface area (Å²) in [7, 11) is 0. The number of anilines is 2. The molecule has 0 atom stereocenters. The molecule has 284 valence electrons. The minimum Gasteiger partial charge on any atom is -0.456 e. The van der Waals surface area contributed by atoms with Gasteiger partial charge in [0.2, 0.25) is 0 Å². The van der Waals surface area contributed by atoms with Gasteiger partial charge in [0.15, 0.2) is 0 Å². The van der Waals surface area contributed by atoms with Crippen LogP contribution in [0, 0.1) is 0 Å². The highest BCUT2D eigenvalue weighted by atomic mass is 32.1. The molecule has 0 saturated heterocycles. The van der Waals surface area contributed by atoms with E-state index in [-0.39, 0.29) is 17.7 Å². The number of benzene rings is 8. The number of aromatic nitrogens is 1. The molecule has 0 radical (unpaired) electrons. The first-order valence-corrected chi connectivity index (χ1v) is 22.0. The van der Waals surface area contributed by atoms with Gasteiger partial charge in [-0.15, -0.1) is 11.3 Å². The van der Waals surface area contributed by atoms with Gasteiger partial charge in [0.1, 0.15) is 11.2 Å². The van der Waals surface area contributed by atoms with Crippen molar-refractivity contribution in [1.29, 1.82) is 0 Å². The number of furan rings is 1. The van der Waals surface area contributed by atoms with Crippen molar-refractivity contribution in [2.45, 2.75) is 45.4 Å². The number of rotatable bonds is 1. The first-order chi connectivity index (χ1) is 29.1. The van der Waals surface area contributed by atoms with E-state index in [1.807, 2.05) is 11.3 Å². The zero-order chi connectivity index (χ0) is 40.0. The fourth-order valence-corrected chi connectivity index (χ4v) is 12.6. The molecule has 0 fully saturated rings. The summed E-state index contributed by atoms with van der Waals surface area (Å²) in [5, 5.41) is 7.60. The highest BCUT2D eigenvalue weighted by Crippen LogP contribution is 2.55. The maximum Gasteiger partial charge on any atom is 0.333 e. The molecule has 5 heteroatoms. The lowest BCUT2D eigenvalue weighted by Crippen LogP contribution is -2.60. The van der Waals surface area contributed by atoms with Crippen LogP contribution in [0.5, 0.6) is 0 Å². The molecule has 0 saturated carbocycles. The molecule has 3 aliphatic rings. The molecule has 2 aliphatic heterocycles. The van der Waals surface area contributed by atoms with Crippen LogP contribution in [0.15, 0.2) is 150 Å². The molecule has 14 rings (SSSR count). The number of thiophene rings is 1. The molecule has 1 aliphatic carbocycles. The highest BCUT2D eigenvalue weighted by molar-refractivity contribution is 7.25. The van der Waals surface area contributed by atoms with E-state index < -0.39 is 0 Å². The van der Waals surface area contributed by atoms with Gasteiger partial charge in [-0.25, -0.2) is 0 Å². The molecule has 60 heavy (non-hydrogen) atoms. The van der Waals surface area contributed by atoms with E-state index in [1.165, 1.54) is 109 Å². The Labute approximate surface area is 352 Å². The van der Waals surface area contributed by atoms with E-state index in [0.29, 0.717) is 0 Å². The van der Waals surface area contributed by atoms with Crippen molar-refractivity contribution in [3.63, 3.8) is 0 Å². The Hall–Kier alpha value is -6.56. The van der Waals surface area contributed by atoms with Crippen LogP contribution >= 0.6 is 11.3 Å². The quantitative estimate of drug-likeness (QED) is 0.155. The maximum absolute atomic E-state index is 6.74. The molecule has 0 unspecified atom stereocenters. The van der Waals surface area contributed by atoms with Crippen molar-refractivity contribution in [2.24, 2.45) is 0 Å². The van der Waals surface area contributed by atoms with E-state index in [1.54, 1.807) is 0 Å². The Morgan fingerprint density at radius 2 is 1.37 bits per heavy atom. The van der Waals surface area contributed by atoms with E-state index in [0.717, 1.165) is 21.9 Å². The molecular formula is C55H39BN2OS. The average Bonchev–Trinajstić information content (AvgIpc) is 3.98. The molecular weight excluding hydrogens is 747 g/mol. The number of para-hydroxylation sites is 1. The Balaban J connectivity index is 1.18. The predicted octanol–water partition coefficient (Wildman–Crippen LogP) is 13.9. The van der Waals surface area contributed by atoms with Crippen LogP contribution in [-0.2, 0) is 10.8 Å². The second kappa shape index (κ2) is 11.0.